The highest BCUT2D eigenvalue weighted by Crippen LogP contribution is 2.31. The van der Waals surface area contributed by atoms with Crippen molar-refractivity contribution in [3.8, 4) is 0 Å². The summed E-state index contributed by atoms with van der Waals surface area (Å²) in [5, 5.41) is 22.4. The zero-order chi connectivity index (χ0) is 27.2. The van der Waals surface area contributed by atoms with Gasteiger partial charge < -0.3 is 10.4 Å². The number of nitrogens with one attached hydrogen (secondary N) is 1. The molecule has 5 aromatic rings. The van der Waals surface area contributed by atoms with Crippen molar-refractivity contribution in [2.45, 2.75) is 25.7 Å². The number of carboxylic acids is 1. The lowest BCUT2D eigenvalue weighted by atomic mass is 10.0. The van der Waals surface area contributed by atoms with Gasteiger partial charge in [-0.3, -0.25) is 14.2 Å². The summed E-state index contributed by atoms with van der Waals surface area (Å²) in [6.07, 6.45) is -0.997. The summed E-state index contributed by atoms with van der Waals surface area (Å²) in [5.41, 5.74) is 2.14. The monoisotopic (exact) mass is 521 g/mol. The van der Waals surface area contributed by atoms with Crippen LogP contribution in [0.5, 0.6) is 0 Å². The van der Waals surface area contributed by atoms with Crippen molar-refractivity contribution < 1.29 is 27.9 Å². The lowest BCUT2D eigenvalue weighted by Crippen LogP contribution is -2.27. The number of aromatic carboxylic acids is 1. The number of hydrogen-bond donors (Lipinski definition) is 2. The highest BCUT2D eigenvalue weighted by Gasteiger charge is 2.30. The predicted molar refractivity (Wildman–Crippen MR) is 134 cm³/mol. The smallest absolute Gasteiger partial charge is 0.416 e. The second-order valence-corrected chi connectivity index (χ2v) is 9.04. The van der Waals surface area contributed by atoms with Crippen LogP contribution in [-0.4, -0.2) is 36.5 Å². The van der Waals surface area contributed by atoms with E-state index in [-0.39, 0.29) is 12.1 Å². The largest absolute Gasteiger partial charge is 0.478 e. The number of carboxylic acid groups (broad SMARTS) is 1. The highest BCUT2D eigenvalue weighted by atomic mass is 19.4. The van der Waals surface area contributed by atoms with Crippen LogP contribution in [0, 0.1) is 0 Å². The average Bonchev–Trinajstić information content (AvgIpc) is 3.46. The Balaban J connectivity index is 1.51. The zero-order valence-electron chi connectivity index (χ0n) is 20.3. The number of hydrogen-bond acceptors (Lipinski definition) is 4. The lowest BCUT2D eigenvalue weighted by molar-refractivity contribution is -0.137. The second kappa shape index (κ2) is 9.33. The van der Waals surface area contributed by atoms with Gasteiger partial charge in [0.15, 0.2) is 0 Å². The number of benzene rings is 3. The maximum Gasteiger partial charge on any atom is 0.416 e. The minimum atomic E-state index is -4.43. The molecule has 2 aromatic heterocycles. The number of carbonyl (C=O) groups excluding carboxylic acids is 1. The van der Waals surface area contributed by atoms with Gasteiger partial charge in [-0.2, -0.15) is 23.4 Å². The van der Waals surface area contributed by atoms with Gasteiger partial charge in [0.25, 0.3) is 5.91 Å². The number of alkyl halides is 3. The number of rotatable bonds is 6. The SMILES string of the molecule is C[C@H](NC(=O)c1cc2nn(C)cc2c2cnn(Cc3ccc(C(F)(F)F)cc3)c12)c1ccc(C(=O)O)cc1. The predicted octanol–water partition coefficient (Wildman–Crippen LogP) is 5.18. The molecule has 194 valence electrons. The van der Waals surface area contributed by atoms with Crippen LogP contribution in [0.2, 0.25) is 0 Å². The molecule has 0 aliphatic carbocycles. The summed E-state index contributed by atoms with van der Waals surface area (Å²) in [6.45, 7) is 1.93. The molecule has 5 rings (SSSR count). The number of carbonyl (C=O) groups is 2. The van der Waals surface area contributed by atoms with E-state index < -0.39 is 29.7 Å². The van der Waals surface area contributed by atoms with Gasteiger partial charge in [-0.25, -0.2) is 4.79 Å². The van der Waals surface area contributed by atoms with Gasteiger partial charge in [0.2, 0.25) is 0 Å². The number of amides is 1. The van der Waals surface area contributed by atoms with E-state index in [1.807, 2.05) is 6.20 Å². The molecule has 2 N–H and O–H groups in total. The number of aromatic nitrogens is 4. The molecule has 38 heavy (non-hydrogen) atoms. The Morgan fingerprint density at radius 2 is 1.74 bits per heavy atom. The van der Waals surface area contributed by atoms with E-state index in [2.05, 4.69) is 15.5 Å². The van der Waals surface area contributed by atoms with Crippen molar-refractivity contribution in [1.29, 1.82) is 0 Å². The first kappa shape index (κ1) is 25.0. The lowest BCUT2D eigenvalue weighted by Gasteiger charge is -2.16. The van der Waals surface area contributed by atoms with Gasteiger partial charge in [0.05, 0.1) is 46.5 Å². The normalized spacial score (nSPS) is 12.7. The molecule has 0 bridgehead atoms. The van der Waals surface area contributed by atoms with Crippen LogP contribution in [-0.2, 0) is 19.8 Å². The van der Waals surface area contributed by atoms with Crippen LogP contribution in [0.15, 0.2) is 67.0 Å². The van der Waals surface area contributed by atoms with Crippen LogP contribution in [0.4, 0.5) is 13.2 Å². The fourth-order valence-corrected chi connectivity index (χ4v) is 4.43. The highest BCUT2D eigenvalue weighted by molar-refractivity contribution is 6.15. The molecule has 0 radical (unpaired) electrons. The van der Waals surface area contributed by atoms with E-state index in [1.54, 1.807) is 47.7 Å². The second-order valence-electron chi connectivity index (χ2n) is 9.04. The van der Waals surface area contributed by atoms with Crippen LogP contribution < -0.4 is 5.32 Å². The summed E-state index contributed by atoms with van der Waals surface area (Å²) in [6, 6.07) is 12.3. The van der Waals surface area contributed by atoms with E-state index in [0.717, 1.165) is 23.1 Å². The van der Waals surface area contributed by atoms with E-state index >= 15 is 0 Å². The Morgan fingerprint density at radius 1 is 1.05 bits per heavy atom. The van der Waals surface area contributed by atoms with Crippen molar-refractivity contribution in [2.75, 3.05) is 0 Å². The molecule has 0 fully saturated rings. The first-order chi connectivity index (χ1) is 18.0. The topological polar surface area (TPSA) is 102 Å². The van der Waals surface area contributed by atoms with Crippen molar-refractivity contribution in [2.24, 2.45) is 7.05 Å². The maximum atomic E-state index is 13.5. The van der Waals surface area contributed by atoms with Gasteiger partial charge in [-0.15, -0.1) is 0 Å². The maximum absolute atomic E-state index is 13.5. The van der Waals surface area contributed by atoms with Crippen molar-refractivity contribution >= 4 is 33.7 Å². The Bertz CT molecular complexity index is 1670. The molecule has 1 atom stereocenters. The fourth-order valence-electron chi connectivity index (χ4n) is 4.43. The van der Waals surface area contributed by atoms with Crippen LogP contribution in [0.25, 0.3) is 21.8 Å². The quantitative estimate of drug-likeness (QED) is 0.321. The molecule has 1 amide bonds. The van der Waals surface area contributed by atoms with E-state index in [0.29, 0.717) is 27.5 Å². The third-order valence-electron chi connectivity index (χ3n) is 6.39. The van der Waals surface area contributed by atoms with Gasteiger partial charge in [-0.1, -0.05) is 24.3 Å². The number of nitrogens with zero attached hydrogens (tertiary/aromatic N) is 4. The molecule has 8 nitrogen and oxygen atoms in total. The Morgan fingerprint density at radius 3 is 2.37 bits per heavy atom. The van der Waals surface area contributed by atoms with Crippen molar-refractivity contribution in [3.63, 3.8) is 0 Å². The standard InChI is InChI=1S/C27H22F3N5O3/c1-15(17-5-7-18(8-6-17)26(37)38)32-25(36)20-11-23-22(14-34(2)33-23)21-12-31-35(24(20)21)13-16-3-9-19(10-4-16)27(28,29)30/h3-12,14-15H,13H2,1-2H3,(H,32,36)(H,37,38)/t15-/m0/s1. The molecule has 0 aliphatic rings. The molecular weight excluding hydrogens is 499 g/mol. The molecule has 2 heterocycles. The van der Waals surface area contributed by atoms with Gasteiger partial charge in [-0.05, 0) is 48.4 Å². The molecule has 0 spiro atoms. The molecule has 11 heteroatoms. The van der Waals surface area contributed by atoms with Crippen LogP contribution in [0.3, 0.4) is 0 Å². The first-order valence-electron chi connectivity index (χ1n) is 11.6. The third-order valence-corrected chi connectivity index (χ3v) is 6.39. The summed E-state index contributed by atoms with van der Waals surface area (Å²) < 4.78 is 42.2. The van der Waals surface area contributed by atoms with Crippen LogP contribution >= 0.6 is 0 Å². The van der Waals surface area contributed by atoms with Gasteiger partial charge in [0, 0.05) is 24.0 Å². The summed E-state index contributed by atoms with van der Waals surface area (Å²) in [7, 11) is 1.76. The van der Waals surface area contributed by atoms with Gasteiger partial charge >= 0.3 is 12.1 Å². The molecule has 0 aliphatic heterocycles. The zero-order valence-corrected chi connectivity index (χ0v) is 20.3. The first-order valence-corrected chi connectivity index (χ1v) is 11.6. The fraction of sp³-hybridized carbons (Fsp3) is 0.185. The number of halogens is 3. The molecule has 0 saturated carbocycles. The third kappa shape index (κ3) is 4.70. The Hall–Kier alpha value is -4.67. The molecule has 0 unspecified atom stereocenters. The van der Waals surface area contributed by atoms with E-state index in [9.17, 15) is 22.8 Å². The van der Waals surface area contributed by atoms with Crippen LogP contribution in [0.1, 0.15) is 50.4 Å². The van der Waals surface area contributed by atoms with Crippen molar-refractivity contribution in [1.82, 2.24) is 24.9 Å². The molecular formula is C27H22F3N5O3. The number of fused-ring (bicyclic) bond motifs is 3. The van der Waals surface area contributed by atoms with E-state index in [1.165, 1.54) is 24.3 Å². The van der Waals surface area contributed by atoms with Gasteiger partial charge in [0.1, 0.15) is 0 Å². The number of aryl methyl sites for hydroxylation is 1. The average molecular weight is 521 g/mol. The minimum Gasteiger partial charge on any atom is -0.478 e. The molecule has 3 aromatic carbocycles. The summed E-state index contributed by atoms with van der Waals surface area (Å²) >= 11 is 0. The summed E-state index contributed by atoms with van der Waals surface area (Å²) in [4.78, 5) is 24.7. The Labute approximate surface area is 214 Å². The Kier molecular flexibility index (Phi) is 6.14. The summed E-state index contributed by atoms with van der Waals surface area (Å²) in [5.74, 6) is -1.44. The molecule has 0 saturated heterocycles. The van der Waals surface area contributed by atoms with Crippen molar-refractivity contribution in [3.05, 3.63) is 94.8 Å². The van der Waals surface area contributed by atoms with E-state index in [4.69, 9.17) is 5.11 Å². The minimum absolute atomic E-state index is 0.141.